The third-order valence-electron chi connectivity index (χ3n) is 1.59. The average Bonchev–Trinajstić information content (AvgIpc) is 2.15. The van der Waals surface area contributed by atoms with E-state index in [4.69, 9.17) is 5.11 Å². The van der Waals surface area contributed by atoms with E-state index in [1.807, 2.05) is 0 Å². The number of benzene rings is 1. The van der Waals surface area contributed by atoms with Crippen molar-refractivity contribution in [1.29, 1.82) is 0 Å². The molecule has 1 N–H and O–H groups in total. The molecule has 0 aliphatic heterocycles. The molecule has 0 amide bonds. The fourth-order valence-corrected chi connectivity index (χ4v) is 1.01. The zero-order chi connectivity index (χ0) is 13.1. The number of carboxylic acid groups (broad SMARTS) is 1. The SMILES string of the molecule is O=C(O)/C(F)=C/c1cccc(OC(F)(F)F)c1. The molecule has 1 rings (SSSR count). The standard InChI is InChI=1S/C10H6F4O3/c11-8(9(15)16)5-6-2-1-3-7(4-6)17-10(12,13)14/h1-5H,(H,15,16)/b8-5-. The Morgan fingerprint density at radius 2 is 2.00 bits per heavy atom. The van der Waals surface area contributed by atoms with Gasteiger partial charge in [-0.1, -0.05) is 12.1 Å². The molecule has 1 aromatic carbocycles. The van der Waals surface area contributed by atoms with Crippen LogP contribution in [-0.2, 0) is 4.79 Å². The van der Waals surface area contributed by atoms with Gasteiger partial charge in [-0.3, -0.25) is 0 Å². The van der Waals surface area contributed by atoms with Crippen LogP contribution in [0.4, 0.5) is 17.6 Å². The minimum atomic E-state index is -4.85. The molecule has 0 heterocycles. The van der Waals surface area contributed by atoms with Crippen LogP contribution in [0.3, 0.4) is 0 Å². The van der Waals surface area contributed by atoms with Crippen molar-refractivity contribution >= 4 is 12.0 Å². The summed E-state index contributed by atoms with van der Waals surface area (Å²) < 4.78 is 51.8. The Morgan fingerprint density at radius 1 is 1.35 bits per heavy atom. The molecule has 0 fully saturated rings. The predicted octanol–water partition coefficient (Wildman–Crippen LogP) is 2.98. The summed E-state index contributed by atoms with van der Waals surface area (Å²) in [7, 11) is 0. The lowest BCUT2D eigenvalue weighted by atomic mass is 10.2. The minimum absolute atomic E-state index is 0.0494. The number of carbonyl (C=O) groups is 1. The molecule has 7 heteroatoms. The van der Waals surface area contributed by atoms with Crippen LogP contribution in [0.2, 0.25) is 0 Å². The van der Waals surface area contributed by atoms with Gasteiger partial charge in [-0.05, 0) is 23.8 Å². The van der Waals surface area contributed by atoms with Crippen molar-refractivity contribution in [2.24, 2.45) is 0 Å². The van der Waals surface area contributed by atoms with E-state index in [0.717, 1.165) is 12.1 Å². The molecule has 0 aliphatic carbocycles. The van der Waals surface area contributed by atoms with Gasteiger partial charge in [0, 0.05) is 0 Å². The van der Waals surface area contributed by atoms with E-state index in [2.05, 4.69) is 4.74 Å². The topological polar surface area (TPSA) is 46.5 Å². The summed E-state index contributed by atoms with van der Waals surface area (Å²) in [5.41, 5.74) is -0.0494. The van der Waals surface area contributed by atoms with Crippen LogP contribution in [0.1, 0.15) is 5.56 Å². The number of aliphatic carboxylic acids is 1. The van der Waals surface area contributed by atoms with Gasteiger partial charge in [-0.2, -0.15) is 4.39 Å². The number of carboxylic acids is 1. The lowest BCUT2D eigenvalue weighted by molar-refractivity contribution is -0.274. The number of ether oxygens (including phenoxy) is 1. The van der Waals surface area contributed by atoms with Crippen LogP contribution in [0.25, 0.3) is 6.08 Å². The predicted molar refractivity (Wildman–Crippen MR) is 49.8 cm³/mol. The van der Waals surface area contributed by atoms with Gasteiger partial charge in [0.1, 0.15) is 5.75 Å². The second-order valence-corrected chi connectivity index (χ2v) is 2.92. The Kier molecular flexibility index (Phi) is 3.72. The van der Waals surface area contributed by atoms with Crippen LogP contribution < -0.4 is 4.74 Å². The molecule has 0 aliphatic rings. The van der Waals surface area contributed by atoms with Gasteiger partial charge in [0.05, 0.1) is 0 Å². The summed E-state index contributed by atoms with van der Waals surface area (Å²) in [4.78, 5) is 10.2. The Hall–Kier alpha value is -2.05. The van der Waals surface area contributed by atoms with E-state index >= 15 is 0 Å². The maximum atomic E-state index is 12.7. The maximum absolute atomic E-state index is 12.7. The van der Waals surface area contributed by atoms with Gasteiger partial charge in [0.15, 0.2) is 0 Å². The highest BCUT2D eigenvalue weighted by Gasteiger charge is 2.31. The molecule has 0 bridgehead atoms. The van der Waals surface area contributed by atoms with Crippen LogP contribution in [0, 0.1) is 0 Å². The van der Waals surface area contributed by atoms with Crippen LogP contribution in [-0.4, -0.2) is 17.4 Å². The fourth-order valence-electron chi connectivity index (χ4n) is 1.01. The Bertz CT molecular complexity index is 451. The Morgan fingerprint density at radius 3 is 2.53 bits per heavy atom. The molecule has 0 atom stereocenters. The zero-order valence-corrected chi connectivity index (χ0v) is 8.16. The third-order valence-corrected chi connectivity index (χ3v) is 1.59. The normalized spacial score (nSPS) is 12.4. The van der Waals surface area contributed by atoms with Crippen LogP contribution >= 0.6 is 0 Å². The zero-order valence-electron chi connectivity index (χ0n) is 8.16. The highest BCUT2D eigenvalue weighted by Crippen LogP contribution is 2.24. The number of halogens is 4. The first-order valence-corrected chi connectivity index (χ1v) is 4.24. The lowest BCUT2D eigenvalue weighted by Crippen LogP contribution is -2.17. The van der Waals surface area contributed by atoms with Gasteiger partial charge >= 0.3 is 12.3 Å². The molecule has 0 saturated heterocycles. The number of rotatable bonds is 3. The molecule has 17 heavy (non-hydrogen) atoms. The second-order valence-electron chi connectivity index (χ2n) is 2.92. The average molecular weight is 250 g/mol. The molecule has 0 aromatic heterocycles. The summed E-state index contributed by atoms with van der Waals surface area (Å²) in [6.07, 6.45) is -4.26. The smallest absolute Gasteiger partial charge is 0.476 e. The van der Waals surface area contributed by atoms with Crippen LogP contribution in [0.5, 0.6) is 5.75 Å². The summed E-state index contributed by atoms with van der Waals surface area (Å²) in [5.74, 6) is -3.83. The largest absolute Gasteiger partial charge is 0.573 e. The fraction of sp³-hybridized carbons (Fsp3) is 0.100. The van der Waals surface area contributed by atoms with Gasteiger partial charge in [0.25, 0.3) is 0 Å². The van der Waals surface area contributed by atoms with E-state index < -0.39 is 23.9 Å². The number of hydrogen-bond donors (Lipinski definition) is 1. The molecule has 0 spiro atoms. The molecule has 92 valence electrons. The van der Waals surface area contributed by atoms with E-state index in [-0.39, 0.29) is 5.56 Å². The first-order valence-electron chi connectivity index (χ1n) is 4.24. The van der Waals surface area contributed by atoms with Gasteiger partial charge < -0.3 is 9.84 Å². The van der Waals surface area contributed by atoms with Gasteiger partial charge in [0.2, 0.25) is 5.83 Å². The lowest BCUT2D eigenvalue weighted by Gasteiger charge is -2.08. The maximum Gasteiger partial charge on any atom is 0.573 e. The molecule has 0 saturated carbocycles. The second kappa shape index (κ2) is 4.86. The van der Waals surface area contributed by atoms with E-state index in [0.29, 0.717) is 6.08 Å². The van der Waals surface area contributed by atoms with Crippen molar-refractivity contribution in [3.8, 4) is 5.75 Å². The van der Waals surface area contributed by atoms with E-state index in [9.17, 15) is 22.4 Å². The highest BCUT2D eigenvalue weighted by atomic mass is 19.4. The van der Waals surface area contributed by atoms with Crippen molar-refractivity contribution in [3.63, 3.8) is 0 Å². The molecular formula is C10H6F4O3. The van der Waals surface area contributed by atoms with Crippen molar-refractivity contribution in [3.05, 3.63) is 35.7 Å². The number of alkyl halides is 3. The summed E-state index contributed by atoms with van der Waals surface area (Å²) in [5, 5.41) is 8.24. The van der Waals surface area contributed by atoms with E-state index in [1.165, 1.54) is 12.1 Å². The van der Waals surface area contributed by atoms with Gasteiger partial charge in [-0.25, -0.2) is 4.79 Å². The monoisotopic (exact) mass is 250 g/mol. The summed E-state index contributed by atoms with van der Waals surface area (Å²) >= 11 is 0. The van der Waals surface area contributed by atoms with Crippen molar-refractivity contribution in [2.45, 2.75) is 6.36 Å². The van der Waals surface area contributed by atoms with Crippen molar-refractivity contribution in [1.82, 2.24) is 0 Å². The Labute approximate surface area is 92.9 Å². The van der Waals surface area contributed by atoms with E-state index in [1.54, 1.807) is 0 Å². The molecular weight excluding hydrogens is 244 g/mol. The minimum Gasteiger partial charge on any atom is -0.476 e. The first kappa shape index (κ1) is 13.0. The quantitative estimate of drug-likeness (QED) is 0.662. The molecule has 0 unspecified atom stereocenters. The summed E-state index contributed by atoms with van der Waals surface area (Å²) in [6, 6.07) is 4.31. The summed E-state index contributed by atoms with van der Waals surface area (Å²) in [6.45, 7) is 0. The Balaban J connectivity index is 2.94. The number of hydrogen-bond acceptors (Lipinski definition) is 2. The third kappa shape index (κ3) is 4.54. The molecule has 3 nitrogen and oxygen atoms in total. The first-order chi connectivity index (χ1) is 7.78. The van der Waals surface area contributed by atoms with Gasteiger partial charge in [-0.15, -0.1) is 13.2 Å². The molecule has 0 radical (unpaired) electrons. The van der Waals surface area contributed by atoms with Crippen molar-refractivity contribution in [2.75, 3.05) is 0 Å². The van der Waals surface area contributed by atoms with Crippen LogP contribution in [0.15, 0.2) is 30.1 Å². The highest BCUT2D eigenvalue weighted by molar-refractivity contribution is 5.89. The molecule has 1 aromatic rings. The van der Waals surface area contributed by atoms with Crippen molar-refractivity contribution < 1.29 is 32.2 Å².